The summed E-state index contributed by atoms with van der Waals surface area (Å²) in [7, 11) is 0. The fraction of sp³-hybridized carbons (Fsp3) is 0.588. The number of carbonyl (C=O) groups is 1. The minimum absolute atomic E-state index is 0.117. The highest BCUT2D eigenvalue weighted by molar-refractivity contribution is 5.94. The van der Waals surface area contributed by atoms with Crippen LogP contribution in [0.1, 0.15) is 55.5 Å². The number of benzene rings is 1. The lowest BCUT2D eigenvalue weighted by Crippen LogP contribution is -2.33. The summed E-state index contributed by atoms with van der Waals surface area (Å²) in [5.41, 5.74) is 1.76. The van der Waals surface area contributed by atoms with E-state index < -0.39 is 0 Å². The molecule has 0 aliphatic carbocycles. The smallest absolute Gasteiger partial charge is 0.253 e. The number of hydrogen-bond acceptors (Lipinski definition) is 2. The van der Waals surface area contributed by atoms with E-state index in [0.717, 1.165) is 49.9 Å². The SMILES string of the molecule is CCCCN(CCCC)C(=O)c1cccc(CCO)c1. The zero-order valence-electron chi connectivity index (χ0n) is 12.8. The number of hydrogen-bond donors (Lipinski definition) is 1. The predicted molar refractivity (Wildman–Crippen MR) is 83.0 cm³/mol. The summed E-state index contributed by atoms with van der Waals surface area (Å²) in [5, 5.41) is 9.00. The van der Waals surface area contributed by atoms with Gasteiger partial charge in [0.25, 0.3) is 5.91 Å². The van der Waals surface area contributed by atoms with Crippen LogP contribution in [0.2, 0.25) is 0 Å². The van der Waals surface area contributed by atoms with Crippen LogP contribution in [0.4, 0.5) is 0 Å². The Labute approximate surface area is 122 Å². The first kappa shape index (κ1) is 16.7. The Kier molecular flexibility index (Phi) is 7.97. The number of amides is 1. The third-order valence-electron chi connectivity index (χ3n) is 3.42. The van der Waals surface area contributed by atoms with E-state index in [0.29, 0.717) is 6.42 Å². The number of aliphatic hydroxyl groups is 1. The van der Waals surface area contributed by atoms with Gasteiger partial charge in [0.2, 0.25) is 0 Å². The summed E-state index contributed by atoms with van der Waals surface area (Å²) < 4.78 is 0. The van der Waals surface area contributed by atoms with E-state index >= 15 is 0 Å². The molecule has 20 heavy (non-hydrogen) atoms. The molecule has 0 aliphatic heterocycles. The van der Waals surface area contributed by atoms with E-state index in [1.54, 1.807) is 0 Å². The summed E-state index contributed by atoms with van der Waals surface area (Å²) in [6.07, 6.45) is 4.89. The standard InChI is InChI=1S/C17H27NO2/c1-3-5-11-18(12-6-4-2)17(20)16-9-7-8-15(14-16)10-13-19/h7-9,14,19H,3-6,10-13H2,1-2H3. The van der Waals surface area contributed by atoms with Crippen LogP contribution in [0.3, 0.4) is 0 Å². The van der Waals surface area contributed by atoms with Gasteiger partial charge in [-0.05, 0) is 37.0 Å². The molecule has 1 N–H and O–H groups in total. The quantitative estimate of drug-likeness (QED) is 0.752. The van der Waals surface area contributed by atoms with Crippen LogP contribution in [0.5, 0.6) is 0 Å². The molecule has 0 bridgehead atoms. The van der Waals surface area contributed by atoms with Gasteiger partial charge in [-0.3, -0.25) is 4.79 Å². The summed E-state index contributed by atoms with van der Waals surface area (Å²) in [6.45, 7) is 6.07. The maximum absolute atomic E-state index is 12.6. The van der Waals surface area contributed by atoms with E-state index in [9.17, 15) is 4.79 Å². The van der Waals surface area contributed by atoms with Gasteiger partial charge >= 0.3 is 0 Å². The average molecular weight is 277 g/mol. The monoisotopic (exact) mass is 277 g/mol. The molecule has 1 aromatic carbocycles. The zero-order chi connectivity index (χ0) is 14.8. The van der Waals surface area contributed by atoms with Crippen molar-refractivity contribution in [2.75, 3.05) is 19.7 Å². The van der Waals surface area contributed by atoms with E-state index in [1.807, 2.05) is 29.2 Å². The molecular formula is C17H27NO2. The maximum Gasteiger partial charge on any atom is 0.253 e. The highest BCUT2D eigenvalue weighted by Crippen LogP contribution is 2.11. The van der Waals surface area contributed by atoms with Gasteiger partial charge in [0.1, 0.15) is 0 Å². The van der Waals surface area contributed by atoms with Crippen LogP contribution in [0, 0.1) is 0 Å². The third kappa shape index (κ3) is 5.33. The Morgan fingerprint density at radius 2 is 1.80 bits per heavy atom. The number of unbranched alkanes of at least 4 members (excludes halogenated alkanes) is 2. The van der Waals surface area contributed by atoms with Crippen molar-refractivity contribution in [1.82, 2.24) is 4.90 Å². The molecule has 0 fully saturated rings. The van der Waals surface area contributed by atoms with Gasteiger partial charge in [0, 0.05) is 25.3 Å². The highest BCUT2D eigenvalue weighted by Gasteiger charge is 2.14. The molecule has 3 heteroatoms. The fourth-order valence-corrected chi connectivity index (χ4v) is 2.18. The average Bonchev–Trinajstić information content (AvgIpc) is 2.47. The van der Waals surface area contributed by atoms with Gasteiger partial charge in [-0.25, -0.2) is 0 Å². The van der Waals surface area contributed by atoms with Crippen LogP contribution in [0.15, 0.2) is 24.3 Å². The van der Waals surface area contributed by atoms with Crippen molar-refractivity contribution in [3.63, 3.8) is 0 Å². The van der Waals surface area contributed by atoms with Crippen LogP contribution < -0.4 is 0 Å². The Morgan fingerprint density at radius 3 is 2.35 bits per heavy atom. The number of aliphatic hydroxyl groups excluding tert-OH is 1. The van der Waals surface area contributed by atoms with Gasteiger partial charge in [-0.2, -0.15) is 0 Å². The topological polar surface area (TPSA) is 40.5 Å². The molecular weight excluding hydrogens is 250 g/mol. The van der Waals surface area contributed by atoms with E-state index in [2.05, 4.69) is 13.8 Å². The highest BCUT2D eigenvalue weighted by atomic mass is 16.3. The molecule has 1 rings (SSSR count). The van der Waals surface area contributed by atoms with Crippen molar-refractivity contribution in [1.29, 1.82) is 0 Å². The normalized spacial score (nSPS) is 10.6. The summed E-state index contributed by atoms with van der Waals surface area (Å²) >= 11 is 0. The molecule has 0 saturated carbocycles. The minimum Gasteiger partial charge on any atom is -0.396 e. The van der Waals surface area contributed by atoms with Crippen molar-refractivity contribution in [2.24, 2.45) is 0 Å². The van der Waals surface area contributed by atoms with Crippen LogP contribution in [-0.2, 0) is 6.42 Å². The third-order valence-corrected chi connectivity index (χ3v) is 3.42. The van der Waals surface area contributed by atoms with Crippen molar-refractivity contribution in [2.45, 2.75) is 46.0 Å². The first-order valence-corrected chi connectivity index (χ1v) is 7.72. The van der Waals surface area contributed by atoms with E-state index in [1.165, 1.54) is 0 Å². The lowest BCUT2D eigenvalue weighted by Gasteiger charge is -2.22. The minimum atomic E-state index is 0.117. The predicted octanol–water partition coefficient (Wildman–Crippen LogP) is 3.26. The molecule has 0 aromatic heterocycles. The largest absolute Gasteiger partial charge is 0.396 e. The van der Waals surface area contributed by atoms with Gasteiger partial charge < -0.3 is 10.0 Å². The van der Waals surface area contributed by atoms with Gasteiger partial charge in [-0.15, -0.1) is 0 Å². The first-order valence-electron chi connectivity index (χ1n) is 7.72. The Balaban J connectivity index is 2.78. The molecule has 0 heterocycles. The lowest BCUT2D eigenvalue weighted by atomic mass is 10.1. The lowest BCUT2D eigenvalue weighted by molar-refractivity contribution is 0.0751. The second-order valence-electron chi connectivity index (χ2n) is 5.17. The molecule has 0 radical (unpaired) electrons. The molecule has 3 nitrogen and oxygen atoms in total. The second-order valence-corrected chi connectivity index (χ2v) is 5.17. The van der Waals surface area contributed by atoms with E-state index in [-0.39, 0.29) is 12.5 Å². The Bertz CT molecular complexity index is 396. The van der Waals surface area contributed by atoms with Crippen molar-refractivity contribution in [3.8, 4) is 0 Å². The van der Waals surface area contributed by atoms with Crippen LogP contribution in [0.25, 0.3) is 0 Å². The molecule has 0 unspecified atom stereocenters. The Hall–Kier alpha value is -1.35. The first-order chi connectivity index (χ1) is 9.72. The summed E-state index contributed by atoms with van der Waals surface area (Å²) in [5.74, 6) is 0.117. The van der Waals surface area contributed by atoms with Crippen LogP contribution >= 0.6 is 0 Å². The number of nitrogens with zero attached hydrogens (tertiary/aromatic N) is 1. The van der Waals surface area contributed by atoms with Gasteiger partial charge in [-0.1, -0.05) is 38.8 Å². The van der Waals surface area contributed by atoms with Gasteiger partial charge in [0.15, 0.2) is 0 Å². The van der Waals surface area contributed by atoms with E-state index in [4.69, 9.17) is 5.11 Å². The second kappa shape index (κ2) is 9.54. The fourth-order valence-electron chi connectivity index (χ4n) is 2.18. The molecule has 0 spiro atoms. The van der Waals surface area contributed by atoms with Gasteiger partial charge in [0.05, 0.1) is 0 Å². The van der Waals surface area contributed by atoms with Crippen molar-refractivity contribution >= 4 is 5.91 Å². The van der Waals surface area contributed by atoms with Crippen LogP contribution in [-0.4, -0.2) is 35.6 Å². The van der Waals surface area contributed by atoms with Crippen molar-refractivity contribution in [3.05, 3.63) is 35.4 Å². The molecule has 1 amide bonds. The summed E-state index contributed by atoms with van der Waals surface area (Å²) in [4.78, 5) is 14.5. The molecule has 1 aromatic rings. The van der Waals surface area contributed by atoms with Crippen molar-refractivity contribution < 1.29 is 9.90 Å². The Morgan fingerprint density at radius 1 is 1.15 bits per heavy atom. The molecule has 0 saturated heterocycles. The number of carbonyl (C=O) groups excluding carboxylic acids is 1. The maximum atomic E-state index is 12.6. The molecule has 112 valence electrons. The molecule has 0 aliphatic rings. The molecule has 0 atom stereocenters. The zero-order valence-corrected chi connectivity index (χ0v) is 12.8. The number of rotatable bonds is 9. The summed E-state index contributed by atoms with van der Waals surface area (Å²) in [6, 6.07) is 7.63.